The third-order valence-corrected chi connectivity index (χ3v) is 9.09. The fourth-order valence-corrected chi connectivity index (χ4v) is 2.92. The first-order chi connectivity index (χ1) is 12.0. The SMILES string of the molecule is CCOC(=O)C(C(=O)OCC)c1ccc(CO[Si](C)(C)C(C)(C)C)nc1. The maximum absolute atomic E-state index is 12.1. The Morgan fingerprint density at radius 1 is 1.08 bits per heavy atom. The van der Waals surface area contributed by atoms with Crippen LogP contribution < -0.4 is 0 Å². The predicted molar refractivity (Wildman–Crippen MR) is 102 cm³/mol. The smallest absolute Gasteiger partial charge is 0.324 e. The maximum atomic E-state index is 12.1. The number of ether oxygens (including phenoxy) is 2. The van der Waals surface area contributed by atoms with Gasteiger partial charge in [0.25, 0.3) is 0 Å². The van der Waals surface area contributed by atoms with Crippen molar-refractivity contribution in [3.8, 4) is 0 Å². The standard InChI is InChI=1S/C19H31NO5Si/c1-8-23-17(21)16(18(22)24-9-2)14-10-11-15(20-12-14)13-25-26(6,7)19(3,4)5/h10-12,16H,8-9,13H2,1-7H3. The number of hydrogen-bond acceptors (Lipinski definition) is 6. The Hall–Kier alpha value is -1.73. The van der Waals surface area contributed by atoms with Crippen molar-refractivity contribution in [2.45, 2.75) is 65.3 Å². The molecule has 0 amide bonds. The largest absolute Gasteiger partial charge is 0.465 e. The lowest BCUT2D eigenvalue weighted by Crippen LogP contribution is -2.40. The van der Waals surface area contributed by atoms with Crippen LogP contribution >= 0.6 is 0 Å². The highest BCUT2D eigenvalue weighted by Crippen LogP contribution is 2.37. The Bertz CT molecular complexity index is 589. The van der Waals surface area contributed by atoms with Gasteiger partial charge in [0.05, 0.1) is 25.5 Å². The fraction of sp³-hybridized carbons (Fsp3) is 0.632. The number of esters is 2. The van der Waals surface area contributed by atoms with Crippen LogP contribution in [0.25, 0.3) is 0 Å². The molecule has 1 aromatic heterocycles. The van der Waals surface area contributed by atoms with Gasteiger partial charge in [-0.15, -0.1) is 0 Å². The molecule has 0 aliphatic carbocycles. The summed E-state index contributed by atoms with van der Waals surface area (Å²) in [6.45, 7) is 15.1. The third kappa shape index (κ3) is 5.91. The minimum atomic E-state index is -1.87. The molecular weight excluding hydrogens is 350 g/mol. The van der Waals surface area contributed by atoms with Crippen molar-refractivity contribution < 1.29 is 23.5 Å². The van der Waals surface area contributed by atoms with Crippen LogP contribution in [0.5, 0.6) is 0 Å². The van der Waals surface area contributed by atoms with Crippen LogP contribution in [0.2, 0.25) is 18.1 Å². The fourth-order valence-electron chi connectivity index (χ4n) is 1.98. The van der Waals surface area contributed by atoms with Gasteiger partial charge in [0.1, 0.15) is 0 Å². The summed E-state index contributed by atoms with van der Waals surface area (Å²) >= 11 is 0. The molecule has 0 fully saturated rings. The molecule has 0 unspecified atom stereocenters. The van der Waals surface area contributed by atoms with E-state index in [2.05, 4.69) is 38.8 Å². The van der Waals surface area contributed by atoms with Crippen LogP contribution in [-0.2, 0) is 30.1 Å². The molecule has 0 aliphatic heterocycles. The summed E-state index contributed by atoms with van der Waals surface area (Å²) in [5.74, 6) is -2.37. The first-order valence-corrected chi connectivity index (χ1v) is 11.9. The summed E-state index contributed by atoms with van der Waals surface area (Å²) in [4.78, 5) is 28.6. The summed E-state index contributed by atoms with van der Waals surface area (Å²) in [5.41, 5.74) is 1.21. The van der Waals surface area contributed by atoms with Gasteiger partial charge in [-0.2, -0.15) is 0 Å². The van der Waals surface area contributed by atoms with Crippen LogP contribution in [0.4, 0.5) is 0 Å². The molecule has 1 aromatic rings. The monoisotopic (exact) mass is 381 g/mol. The Kier molecular flexibility index (Phi) is 7.96. The van der Waals surface area contributed by atoms with Crippen molar-refractivity contribution >= 4 is 20.3 Å². The average molecular weight is 382 g/mol. The normalized spacial score (nSPS) is 12.2. The number of hydrogen-bond donors (Lipinski definition) is 0. The maximum Gasteiger partial charge on any atom is 0.324 e. The molecule has 0 N–H and O–H groups in total. The van der Waals surface area contributed by atoms with E-state index in [1.54, 1.807) is 26.0 Å². The molecule has 0 saturated carbocycles. The zero-order chi connectivity index (χ0) is 20.0. The molecule has 146 valence electrons. The average Bonchev–Trinajstić information content (AvgIpc) is 2.54. The molecule has 1 rings (SSSR count). The number of carbonyl (C=O) groups is 2. The van der Waals surface area contributed by atoms with Crippen LogP contribution in [0.15, 0.2) is 18.3 Å². The second-order valence-corrected chi connectivity index (χ2v) is 12.4. The van der Waals surface area contributed by atoms with E-state index in [1.807, 2.05) is 0 Å². The van der Waals surface area contributed by atoms with Crippen molar-refractivity contribution in [3.63, 3.8) is 0 Å². The molecule has 7 heteroatoms. The molecule has 0 aromatic carbocycles. The number of aromatic nitrogens is 1. The van der Waals surface area contributed by atoms with Crippen molar-refractivity contribution in [2.75, 3.05) is 13.2 Å². The van der Waals surface area contributed by atoms with Gasteiger partial charge in [0.15, 0.2) is 14.2 Å². The minimum absolute atomic E-state index is 0.117. The zero-order valence-corrected chi connectivity index (χ0v) is 17.9. The Morgan fingerprint density at radius 2 is 1.62 bits per heavy atom. The van der Waals surface area contributed by atoms with E-state index in [0.29, 0.717) is 12.2 Å². The van der Waals surface area contributed by atoms with Gasteiger partial charge >= 0.3 is 11.9 Å². The molecular formula is C19H31NO5Si. The van der Waals surface area contributed by atoms with Gasteiger partial charge in [-0.1, -0.05) is 26.8 Å². The second-order valence-electron chi connectivity index (χ2n) is 7.57. The summed E-state index contributed by atoms with van der Waals surface area (Å²) in [6.07, 6.45) is 1.52. The van der Waals surface area contributed by atoms with Gasteiger partial charge in [-0.25, -0.2) is 0 Å². The molecule has 0 saturated heterocycles. The van der Waals surface area contributed by atoms with Gasteiger partial charge in [0, 0.05) is 6.20 Å². The van der Waals surface area contributed by atoms with E-state index in [9.17, 15) is 9.59 Å². The Labute approximate surface area is 157 Å². The lowest BCUT2D eigenvalue weighted by molar-refractivity contribution is -0.156. The van der Waals surface area contributed by atoms with Crippen molar-refractivity contribution in [1.29, 1.82) is 0 Å². The molecule has 0 radical (unpaired) electrons. The van der Waals surface area contributed by atoms with Crippen LogP contribution in [0.1, 0.15) is 51.8 Å². The van der Waals surface area contributed by atoms with Crippen molar-refractivity contribution in [1.82, 2.24) is 4.98 Å². The predicted octanol–water partition coefficient (Wildman–Crippen LogP) is 3.81. The van der Waals surface area contributed by atoms with Crippen LogP contribution in [0.3, 0.4) is 0 Å². The summed E-state index contributed by atoms with van der Waals surface area (Å²) in [7, 11) is -1.87. The number of pyridine rings is 1. The van der Waals surface area contributed by atoms with Crippen LogP contribution in [0, 0.1) is 0 Å². The number of nitrogens with zero attached hydrogens (tertiary/aromatic N) is 1. The zero-order valence-electron chi connectivity index (χ0n) is 16.9. The van der Waals surface area contributed by atoms with Gasteiger partial charge in [0.2, 0.25) is 0 Å². The van der Waals surface area contributed by atoms with E-state index in [-0.39, 0.29) is 18.3 Å². The molecule has 0 aliphatic rings. The topological polar surface area (TPSA) is 74.7 Å². The van der Waals surface area contributed by atoms with Crippen molar-refractivity contribution in [2.24, 2.45) is 0 Å². The number of rotatable bonds is 8. The Balaban J connectivity index is 2.91. The summed E-state index contributed by atoms with van der Waals surface area (Å²) in [5, 5.41) is 0.117. The van der Waals surface area contributed by atoms with Crippen LogP contribution in [-0.4, -0.2) is 38.5 Å². The quantitative estimate of drug-likeness (QED) is 0.387. The highest BCUT2D eigenvalue weighted by molar-refractivity contribution is 6.74. The van der Waals surface area contributed by atoms with E-state index < -0.39 is 26.2 Å². The third-order valence-electron chi connectivity index (χ3n) is 4.61. The number of carbonyl (C=O) groups excluding carboxylic acids is 2. The Morgan fingerprint density at radius 3 is 2.00 bits per heavy atom. The molecule has 0 bridgehead atoms. The molecule has 0 spiro atoms. The van der Waals surface area contributed by atoms with E-state index in [4.69, 9.17) is 13.9 Å². The molecule has 26 heavy (non-hydrogen) atoms. The summed E-state index contributed by atoms with van der Waals surface area (Å²) < 4.78 is 16.1. The highest BCUT2D eigenvalue weighted by Gasteiger charge is 2.37. The highest BCUT2D eigenvalue weighted by atomic mass is 28.4. The second kappa shape index (κ2) is 9.28. The van der Waals surface area contributed by atoms with Gasteiger partial charge < -0.3 is 13.9 Å². The van der Waals surface area contributed by atoms with Gasteiger partial charge in [-0.3, -0.25) is 14.6 Å². The molecule has 0 atom stereocenters. The van der Waals surface area contributed by atoms with E-state index in [1.165, 1.54) is 6.20 Å². The lowest BCUT2D eigenvalue weighted by Gasteiger charge is -2.36. The molecule has 1 heterocycles. The van der Waals surface area contributed by atoms with E-state index in [0.717, 1.165) is 5.69 Å². The first-order valence-electron chi connectivity index (χ1n) is 8.95. The lowest BCUT2D eigenvalue weighted by atomic mass is 10.0. The van der Waals surface area contributed by atoms with E-state index >= 15 is 0 Å². The van der Waals surface area contributed by atoms with Crippen molar-refractivity contribution in [3.05, 3.63) is 29.6 Å². The molecule has 6 nitrogen and oxygen atoms in total. The summed E-state index contributed by atoms with van der Waals surface area (Å²) in [6, 6.07) is 3.48. The minimum Gasteiger partial charge on any atom is -0.465 e. The van der Waals surface area contributed by atoms with Gasteiger partial charge in [-0.05, 0) is 43.6 Å². The first kappa shape index (κ1) is 22.3.